The largest absolute Gasteiger partial charge is 0.348 e. The van der Waals surface area contributed by atoms with Crippen LogP contribution in [0.2, 0.25) is 0 Å². The van der Waals surface area contributed by atoms with Crippen LogP contribution in [-0.2, 0) is 6.54 Å². The topological polar surface area (TPSA) is 63.9 Å². The molecule has 3 aromatic rings. The Morgan fingerprint density at radius 2 is 1.93 bits per heavy atom. The van der Waals surface area contributed by atoms with Gasteiger partial charge in [-0.25, -0.2) is 9.97 Å². The minimum Gasteiger partial charge on any atom is -0.348 e. The minimum absolute atomic E-state index is 0.00501. The quantitative estimate of drug-likeness (QED) is 0.694. The third-order valence-corrected chi connectivity index (χ3v) is 6.35. The zero-order valence-electron chi connectivity index (χ0n) is 15.6. The molecule has 140 valence electrons. The standard InChI is InChI=1S/C20H23N5OS/c1-14-15(2)27-20(23-14)24-9-5-16(6-10-24)12-25-13-22-18(11-19(25)26)17-3-7-21-8-4-17/h3-4,7-8,11,13,16H,5-6,9-10,12H2,1-2H3. The molecule has 1 aliphatic rings. The summed E-state index contributed by atoms with van der Waals surface area (Å²) < 4.78 is 1.74. The van der Waals surface area contributed by atoms with Crippen molar-refractivity contribution in [2.75, 3.05) is 18.0 Å². The Morgan fingerprint density at radius 3 is 2.56 bits per heavy atom. The summed E-state index contributed by atoms with van der Waals surface area (Å²) in [6.07, 6.45) is 7.23. The number of hydrogen-bond acceptors (Lipinski definition) is 6. The lowest BCUT2D eigenvalue weighted by Crippen LogP contribution is -2.36. The van der Waals surface area contributed by atoms with E-state index in [1.54, 1.807) is 40.7 Å². The molecule has 0 radical (unpaired) electrons. The number of nitrogens with zero attached hydrogens (tertiary/aromatic N) is 5. The molecule has 1 saturated heterocycles. The van der Waals surface area contributed by atoms with Gasteiger partial charge in [0.2, 0.25) is 0 Å². The second-order valence-corrected chi connectivity index (χ2v) is 8.25. The fourth-order valence-electron chi connectivity index (χ4n) is 3.42. The van der Waals surface area contributed by atoms with Gasteiger partial charge < -0.3 is 4.90 Å². The minimum atomic E-state index is 0.00501. The molecule has 0 amide bonds. The SMILES string of the molecule is Cc1nc(N2CCC(Cn3cnc(-c4ccncc4)cc3=O)CC2)sc1C. The van der Waals surface area contributed by atoms with Gasteiger partial charge in [0, 0.05) is 48.5 Å². The maximum Gasteiger partial charge on any atom is 0.253 e. The molecule has 7 heteroatoms. The first-order chi connectivity index (χ1) is 13.1. The summed E-state index contributed by atoms with van der Waals surface area (Å²) in [5.74, 6) is 0.495. The molecular formula is C20H23N5OS. The van der Waals surface area contributed by atoms with Gasteiger partial charge in [-0.3, -0.25) is 14.3 Å². The van der Waals surface area contributed by atoms with Crippen LogP contribution in [-0.4, -0.2) is 32.6 Å². The summed E-state index contributed by atoms with van der Waals surface area (Å²) in [4.78, 5) is 29.3. The first-order valence-electron chi connectivity index (χ1n) is 9.26. The molecule has 6 nitrogen and oxygen atoms in total. The number of piperidine rings is 1. The van der Waals surface area contributed by atoms with Crippen molar-refractivity contribution in [3.63, 3.8) is 0 Å². The second-order valence-electron chi connectivity index (χ2n) is 7.07. The van der Waals surface area contributed by atoms with E-state index >= 15 is 0 Å². The summed E-state index contributed by atoms with van der Waals surface area (Å²) in [6.45, 7) is 6.91. The zero-order chi connectivity index (χ0) is 18.8. The van der Waals surface area contributed by atoms with E-state index in [0.29, 0.717) is 11.6 Å². The number of hydrogen-bond donors (Lipinski definition) is 0. The Morgan fingerprint density at radius 1 is 1.19 bits per heavy atom. The van der Waals surface area contributed by atoms with Crippen LogP contribution in [0.3, 0.4) is 0 Å². The molecule has 0 aliphatic carbocycles. The third kappa shape index (κ3) is 3.93. The van der Waals surface area contributed by atoms with Gasteiger partial charge >= 0.3 is 0 Å². The highest BCUT2D eigenvalue weighted by molar-refractivity contribution is 7.15. The van der Waals surface area contributed by atoms with E-state index in [1.807, 2.05) is 12.1 Å². The first kappa shape index (κ1) is 17.9. The Balaban J connectivity index is 1.40. The molecule has 1 fully saturated rings. The van der Waals surface area contributed by atoms with Crippen molar-refractivity contribution in [1.82, 2.24) is 19.5 Å². The average molecular weight is 382 g/mol. The lowest BCUT2D eigenvalue weighted by molar-refractivity contribution is 0.351. The van der Waals surface area contributed by atoms with Gasteiger partial charge in [-0.05, 0) is 44.7 Å². The van der Waals surface area contributed by atoms with Crippen LogP contribution in [0.5, 0.6) is 0 Å². The number of aryl methyl sites for hydroxylation is 2. The first-order valence-corrected chi connectivity index (χ1v) is 10.1. The number of anilines is 1. The number of pyridine rings is 1. The Labute approximate surface area is 162 Å². The fraction of sp³-hybridized carbons (Fsp3) is 0.400. The van der Waals surface area contributed by atoms with Crippen molar-refractivity contribution < 1.29 is 0 Å². The highest BCUT2D eigenvalue weighted by Crippen LogP contribution is 2.29. The molecule has 0 N–H and O–H groups in total. The Bertz CT molecular complexity index is 954. The van der Waals surface area contributed by atoms with E-state index in [2.05, 4.69) is 33.7 Å². The summed E-state index contributed by atoms with van der Waals surface area (Å²) in [5, 5.41) is 1.13. The second kappa shape index (κ2) is 7.60. The Hall–Kier alpha value is -2.54. The molecule has 0 bridgehead atoms. The highest BCUT2D eigenvalue weighted by Gasteiger charge is 2.22. The van der Waals surface area contributed by atoms with Crippen molar-refractivity contribution in [2.45, 2.75) is 33.2 Å². The van der Waals surface area contributed by atoms with Crippen LogP contribution in [0.4, 0.5) is 5.13 Å². The average Bonchev–Trinajstić information content (AvgIpc) is 3.03. The van der Waals surface area contributed by atoms with Crippen LogP contribution in [0.15, 0.2) is 41.7 Å². The molecule has 0 spiro atoms. The number of aromatic nitrogens is 4. The molecule has 0 aromatic carbocycles. The number of thiazole rings is 1. The van der Waals surface area contributed by atoms with Gasteiger partial charge in [0.05, 0.1) is 17.7 Å². The summed E-state index contributed by atoms with van der Waals surface area (Å²) in [7, 11) is 0. The van der Waals surface area contributed by atoms with Crippen LogP contribution in [0.25, 0.3) is 11.3 Å². The van der Waals surface area contributed by atoms with Crippen molar-refractivity contribution >= 4 is 16.5 Å². The van der Waals surface area contributed by atoms with E-state index in [1.165, 1.54) is 4.88 Å². The zero-order valence-corrected chi connectivity index (χ0v) is 16.4. The van der Waals surface area contributed by atoms with Crippen LogP contribution in [0, 0.1) is 19.8 Å². The van der Waals surface area contributed by atoms with Crippen molar-refractivity contribution in [1.29, 1.82) is 0 Å². The third-order valence-electron chi connectivity index (χ3n) is 5.21. The summed E-state index contributed by atoms with van der Waals surface area (Å²) in [6, 6.07) is 5.35. The Kier molecular flexibility index (Phi) is 5.03. The normalized spacial score (nSPS) is 15.3. The molecule has 0 saturated carbocycles. The van der Waals surface area contributed by atoms with E-state index < -0.39 is 0 Å². The molecule has 3 aromatic heterocycles. The fourth-order valence-corrected chi connectivity index (χ4v) is 4.38. The number of rotatable bonds is 4. The van der Waals surface area contributed by atoms with Crippen molar-refractivity contribution in [3.05, 3.63) is 57.8 Å². The molecule has 27 heavy (non-hydrogen) atoms. The van der Waals surface area contributed by atoms with Gasteiger partial charge in [-0.2, -0.15) is 0 Å². The molecular weight excluding hydrogens is 358 g/mol. The monoisotopic (exact) mass is 381 g/mol. The lowest BCUT2D eigenvalue weighted by atomic mass is 9.97. The van der Waals surface area contributed by atoms with Crippen molar-refractivity contribution in [2.24, 2.45) is 5.92 Å². The van der Waals surface area contributed by atoms with E-state index in [9.17, 15) is 4.79 Å². The maximum atomic E-state index is 12.5. The lowest BCUT2D eigenvalue weighted by Gasteiger charge is -2.31. The maximum absolute atomic E-state index is 12.5. The summed E-state index contributed by atoms with van der Waals surface area (Å²) >= 11 is 1.77. The van der Waals surface area contributed by atoms with Crippen LogP contribution in [0.1, 0.15) is 23.4 Å². The van der Waals surface area contributed by atoms with Gasteiger partial charge in [-0.15, -0.1) is 11.3 Å². The molecule has 1 aliphatic heterocycles. The molecule has 0 unspecified atom stereocenters. The van der Waals surface area contributed by atoms with Crippen LogP contribution < -0.4 is 10.5 Å². The molecule has 4 heterocycles. The van der Waals surface area contributed by atoms with Crippen LogP contribution >= 0.6 is 11.3 Å². The van der Waals surface area contributed by atoms with E-state index in [0.717, 1.165) is 48.9 Å². The van der Waals surface area contributed by atoms with Gasteiger partial charge in [0.25, 0.3) is 5.56 Å². The van der Waals surface area contributed by atoms with Gasteiger partial charge in [0.15, 0.2) is 5.13 Å². The summed E-state index contributed by atoms with van der Waals surface area (Å²) in [5.41, 5.74) is 2.74. The van der Waals surface area contributed by atoms with Crippen molar-refractivity contribution in [3.8, 4) is 11.3 Å². The highest BCUT2D eigenvalue weighted by atomic mass is 32.1. The van der Waals surface area contributed by atoms with E-state index in [4.69, 9.17) is 0 Å². The van der Waals surface area contributed by atoms with Gasteiger partial charge in [0.1, 0.15) is 0 Å². The smallest absolute Gasteiger partial charge is 0.253 e. The van der Waals surface area contributed by atoms with E-state index in [-0.39, 0.29) is 5.56 Å². The van der Waals surface area contributed by atoms with Gasteiger partial charge in [-0.1, -0.05) is 0 Å². The predicted octanol–water partition coefficient (Wildman–Crippen LogP) is 3.30. The molecule has 0 atom stereocenters. The molecule has 4 rings (SSSR count). The predicted molar refractivity (Wildman–Crippen MR) is 108 cm³/mol.